The van der Waals surface area contributed by atoms with E-state index >= 15 is 0 Å². The third kappa shape index (κ3) is 2.34. The summed E-state index contributed by atoms with van der Waals surface area (Å²) in [6, 6.07) is 16.6. The Balaban J connectivity index is 2.12. The van der Waals surface area contributed by atoms with Crippen LogP contribution in [0.4, 0.5) is 0 Å². The zero-order valence-corrected chi connectivity index (χ0v) is 12.2. The van der Waals surface area contributed by atoms with E-state index in [1.54, 1.807) is 0 Å². The molecule has 0 spiro atoms. The summed E-state index contributed by atoms with van der Waals surface area (Å²) in [7, 11) is 0. The van der Waals surface area contributed by atoms with E-state index < -0.39 is 0 Å². The zero-order valence-electron chi connectivity index (χ0n) is 12.2. The first-order chi connectivity index (χ1) is 9.66. The van der Waals surface area contributed by atoms with Crippen LogP contribution in [-0.2, 0) is 4.65 Å². The lowest BCUT2D eigenvalue weighted by atomic mass is 9.54. The first-order valence-electron chi connectivity index (χ1n) is 7.13. The summed E-state index contributed by atoms with van der Waals surface area (Å²) in [4.78, 5) is 0. The second-order valence-electron chi connectivity index (χ2n) is 5.44. The van der Waals surface area contributed by atoms with Crippen molar-refractivity contribution >= 4 is 17.8 Å². The fraction of sp³-hybridized carbons (Fsp3) is 0.294. The number of ether oxygens (including phenoxy) is 1. The van der Waals surface area contributed by atoms with Crippen LogP contribution >= 0.6 is 0 Å². The number of rotatable bonds is 1. The Bertz CT molecular complexity index is 611. The molecule has 0 fully saturated rings. The van der Waals surface area contributed by atoms with Gasteiger partial charge in [0.05, 0.1) is 6.10 Å². The van der Waals surface area contributed by atoms with Crippen LogP contribution in [0.1, 0.15) is 19.4 Å². The van der Waals surface area contributed by atoms with E-state index in [0.717, 1.165) is 11.2 Å². The van der Waals surface area contributed by atoms with Gasteiger partial charge in [0, 0.05) is 0 Å². The summed E-state index contributed by atoms with van der Waals surface area (Å²) < 4.78 is 12.3. The van der Waals surface area contributed by atoms with Gasteiger partial charge in [-0.05, 0) is 37.8 Å². The SMILES string of the molecule is Cc1ccccc1B1O[C@@H](C)[C@H](C)Oc2ccccc21. The number of benzene rings is 2. The molecule has 3 rings (SSSR count). The van der Waals surface area contributed by atoms with Gasteiger partial charge in [0.25, 0.3) is 0 Å². The van der Waals surface area contributed by atoms with Gasteiger partial charge in [-0.1, -0.05) is 48.0 Å². The molecule has 20 heavy (non-hydrogen) atoms. The van der Waals surface area contributed by atoms with Crippen LogP contribution < -0.4 is 15.7 Å². The van der Waals surface area contributed by atoms with Gasteiger partial charge in [-0.3, -0.25) is 0 Å². The van der Waals surface area contributed by atoms with Gasteiger partial charge in [-0.25, -0.2) is 0 Å². The Hall–Kier alpha value is -1.74. The van der Waals surface area contributed by atoms with Crippen LogP contribution in [0.25, 0.3) is 0 Å². The quantitative estimate of drug-likeness (QED) is 0.737. The molecule has 2 aromatic rings. The maximum Gasteiger partial charge on any atom is 0.366 e. The fourth-order valence-electron chi connectivity index (χ4n) is 2.62. The van der Waals surface area contributed by atoms with Crippen LogP contribution in [-0.4, -0.2) is 19.1 Å². The lowest BCUT2D eigenvalue weighted by molar-refractivity contribution is 0.0875. The monoisotopic (exact) mass is 266 g/mol. The molecule has 0 aliphatic carbocycles. The second-order valence-corrected chi connectivity index (χ2v) is 5.44. The summed E-state index contributed by atoms with van der Waals surface area (Å²) in [5.41, 5.74) is 3.57. The minimum atomic E-state index is -0.0626. The molecule has 2 aromatic carbocycles. The molecule has 3 heteroatoms. The average Bonchev–Trinajstić information content (AvgIpc) is 2.57. The highest BCUT2D eigenvalue weighted by molar-refractivity contribution is 6.81. The Labute approximate surface area is 120 Å². The molecule has 1 heterocycles. The second kappa shape index (κ2) is 5.33. The molecular formula is C17H19BO2. The summed E-state index contributed by atoms with van der Waals surface area (Å²) in [6.07, 6.45) is 0.0946. The number of fused-ring (bicyclic) bond motifs is 1. The van der Waals surface area contributed by atoms with Gasteiger partial charge in [0.15, 0.2) is 0 Å². The zero-order chi connectivity index (χ0) is 14.1. The van der Waals surface area contributed by atoms with Crippen molar-refractivity contribution in [1.82, 2.24) is 0 Å². The summed E-state index contributed by atoms with van der Waals surface area (Å²) in [5, 5.41) is 0. The molecule has 2 atom stereocenters. The van der Waals surface area contributed by atoms with E-state index in [1.165, 1.54) is 11.0 Å². The highest BCUT2D eigenvalue weighted by Crippen LogP contribution is 2.19. The molecule has 2 nitrogen and oxygen atoms in total. The van der Waals surface area contributed by atoms with Gasteiger partial charge in [-0.15, -0.1) is 0 Å². The van der Waals surface area contributed by atoms with Crippen molar-refractivity contribution in [3.05, 3.63) is 54.1 Å². The fourth-order valence-corrected chi connectivity index (χ4v) is 2.62. The lowest BCUT2D eigenvalue weighted by Gasteiger charge is -2.21. The van der Waals surface area contributed by atoms with Crippen molar-refractivity contribution in [2.24, 2.45) is 0 Å². The van der Waals surface area contributed by atoms with Crippen molar-refractivity contribution in [3.63, 3.8) is 0 Å². The molecule has 0 N–H and O–H groups in total. The van der Waals surface area contributed by atoms with Crippen molar-refractivity contribution in [2.75, 3.05) is 0 Å². The number of hydrogen-bond donors (Lipinski definition) is 0. The first kappa shape index (κ1) is 13.3. The molecule has 1 aliphatic rings. The summed E-state index contributed by atoms with van der Waals surface area (Å²) >= 11 is 0. The minimum absolute atomic E-state index is 0.0465. The largest absolute Gasteiger partial charge is 0.489 e. The predicted octanol–water partition coefficient (Wildman–Crippen LogP) is 2.29. The van der Waals surface area contributed by atoms with Gasteiger partial charge in [0.2, 0.25) is 0 Å². The van der Waals surface area contributed by atoms with Gasteiger partial charge < -0.3 is 9.39 Å². The van der Waals surface area contributed by atoms with Crippen molar-refractivity contribution in [2.45, 2.75) is 33.0 Å². The summed E-state index contributed by atoms with van der Waals surface area (Å²) in [5.74, 6) is 0.928. The minimum Gasteiger partial charge on any atom is -0.489 e. The highest BCUT2D eigenvalue weighted by atomic mass is 16.5. The molecule has 0 saturated carbocycles. The van der Waals surface area contributed by atoms with E-state index in [2.05, 4.69) is 51.1 Å². The average molecular weight is 266 g/mol. The van der Waals surface area contributed by atoms with E-state index in [4.69, 9.17) is 9.39 Å². The topological polar surface area (TPSA) is 18.5 Å². The maximum atomic E-state index is 6.29. The third-order valence-electron chi connectivity index (χ3n) is 4.00. The van der Waals surface area contributed by atoms with E-state index in [9.17, 15) is 0 Å². The molecule has 0 radical (unpaired) electrons. The normalized spacial score (nSPS) is 21.9. The molecule has 0 amide bonds. The Morgan fingerprint density at radius 3 is 2.25 bits per heavy atom. The molecule has 102 valence electrons. The molecular weight excluding hydrogens is 247 g/mol. The van der Waals surface area contributed by atoms with Gasteiger partial charge >= 0.3 is 6.92 Å². The third-order valence-corrected chi connectivity index (χ3v) is 4.00. The number of para-hydroxylation sites is 1. The highest BCUT2D eigenvalue weighted by Gasteiger charge is 2.33. The molecule has 0 unspecified atom stereocenters. The lowest BCUT2D eigenvalue weighted by Crippen LogP contribution is -2.47. The van der Waals surface area contributed by atoms with Gasteiger partial charge in [-0.2, -0.15) is 0 Å². The number of hydrogen-bond acceptors (Lipinski definition) is 2. The van der Waals surface area contributed by atoms with Crippen LogP contribution in [0.3, 0.4) is 0 Å². The molecule has 0 bridgehead atoms. The summed E-state index contributed by atoms with van der Waals surface area (Å²) in [6.45, 7) is 6.19. The molecule has 1 aliphatic heterocycles. The van der Waals surface area contributed by atoms with Crippen molar-refractivity contribution in [1.29, 1.82) is 0 Å². The van der Waals surface area contributed by atoms with Gasteiger partial charge in [0.1, 0.15) is 11.9 Å². The molecule has 0 saturated heterocycles. The van der Waals surface area contributed by atoms with Crippen LogP contribution in [0.15, 0.2) is 48.5 Å². The van der Waals surface area contributed by atoms with E-state index in [-0.39, 0.29) is 19.1 Å². The molecule has 0 aromatic heterocycles. The smallest absolute Gasteiger partial charge is 0.366 e. The van der Waals surface area contributed by atoms with Crippen LogP contribution in [0.5, 0.6) is 5.75 Å². The van der Waals surface area contributed by atoms with Crippen LogP contribution in [0.2, 0.25) is 0 Å². The van der Waals surface area contributed by atoms with Crippen molar-refractivity contribution in [3.8, 4) is 5.75 Å². The first-order valence-corrected chi connectivity index (χ1v) is 7.13. The maximum absolute atomic E-state index is 6.29. The Morgan fingerprint density at radius 2 is 1.50 bits per heavy atom. The predicted molar refractivity (Wildman–Crippen MR) is 83.3 cm³/mol. The van der Waals surface area contributed by atoms with E-state index in [1.807, 2.05) is 18.2 Å². The van der Waals surface area contributed by atoms with E-state index in [0.29, 0.717) is 0 Å². The number of aryl methyl sites for hydroxylation is 1. The standard InChI is InChI=1S/C17H19BO2/c1-12-8-4-5-9-15(12)18-16-10-6-7-11-17(16)19-13(2)14(3)20-18/h4-11,13-14H,1-3H3/t13-,14-/m0/s1. The Kier molecular flexibility index (Phi) is 3.54. The van der Waals surface area contributed by atoms with Crippen molar-refractivity contribution < 1.29 is 9.39 Å². The van der Waals surface area contributed by atoms with Crippen LogP contribution in [0, 0.1) is 6.92 Å². The Morgan fingerprint density at radius 1 is 0.850 bits per heavy atom.